The SMILES string of the molecule is Cc1c(Sc2cc(C(=O)O)ccn2)c2ccc(Cl)cc2n1-c1cnn(C(C)C)c1. The van der Waals surface area contributed by atoms with E-state index in [1.807, 2.05) is 42.2 Å². The van der Waals surface area contributed by atoms with E-state index in [1.54, 1.807) is 6.07 Å². The van der Waals surface area contributed by atoms with E-state index in [-0.39, 0.29) is 11.6 Å². The van der Waals surface area contributed by atoms with Gasteiger partial charge >= 0.3 is 5.97 Å². The molecule has 0 aliphatic heterocycles. The molecule has 0 amide bonds. The van der Waals surface area contributed by atoms with Gasteiger partial charge in [-0.3, -0.25) is 4.68 Å². The lowest BCUT2D eigenvalue weighted by atomic mass is 10.2. The van der Waals surface area contributed by atoms with Crippen molar-refractivity contribution in [2.75, 3.05) is 0 Å². The molecule has 0 spiro atoms. The van der Waals surface area contributed by atoms with Gasteiger partial charge in [0.05, 0.1) is 23.0 Å². The van der Waals surface area contributed by atoms with Gasteiger partial charge in [0, 0.05) is 39.4 Å². The van der Waals surface area contributed by atoms with E-state index in [9.17, 15) is 9.90 Å². The molecule has 0 unspecified atom stereocenters. The Morgan fingerprint density at radius 1 is 1.24 bits per heavy atom. The molecule has 0 atom stereocenters. The zero-order valence-electron chi connectivity index (χ0n) is 16.1. The van der Waals surface area contributed by atoms with Crippen LogP contribution in [0.1, 0.15) is 35.9 Å². The van der Waals surface area contributed by atoms with Crippen LogP contribution in [0.2, 0.25) is 5.02 Å². The lowest BCUT2D eigenvalue weighted by Gasteiger charge is -2.07. The number of fused-ring (bicyclic) bond motifs is 1. The molecule has 1 N–H and O–H groups in total. The molecule has 29 heavy (non-hydrogen) atoms. The molecular formula is C21H19ClN4O2S. The Kier molecular flexibility index (Phi) is 5.10. The number of halogens is 1. The molecule has 4 aromatic rings. The predicted molar refractivity (Wildman–Crippen MR) is 115 cm³/mol. The third-order valence-corrected chi connectivity index (χ3v) is 6.06. The monoisotopic (exact) mass is 426 g/mol. The van der Waals surface area contributed by atoms with Crippen molar-refractivity contribution < 1.29 is 9.90 Å². The van der Waals surface area contributed by atoms with Crippen LogP contribution in [-0.2, 0) is 0 Å². The Morgan fingerprint density at radius 3 is 2.72 bits per heavy atom. The van der Waals surface area contributed by atoms with Crippen LogP contribution < -0.4 is 0 Å². The van der Waals surface area contributed by atoms with Gasteiger partial charge < -0.3 is 9.67 Å². The van der Waals surface area contributed by atoms with Crippen LogP contribution in [0.4, 0.5) is 0 Å². The summed E-state index contributed by atoms with van der Waals surface area (Å²) in [6, 6.07) is 9.10. The number of nitrogens with zero attached hydrogens (tertiary/aromatic N) is 4. The number of aromatic nitrogens is 4. The zero-order chi connectivity index (χ0) is 20.7. The average Bonchev–Trinajstić information content (AvgIpc) is 3.25. The summed E-state index contributed by atoms with van der Waals surface area (Å²) < 4.78 is 4.03. The summed E-state index contributed by atoms with van der Waals surface area (Å²) in [5, 5.41) is 16.0. The van der Waals surface area contributed by atoms with E-state index >= 15 is 0 Å². The van der Waals surface area contributed by atoms with E-state index in [2.05, 4.69) is 28.5 Å². The summed E-state index contributed by atoms with van der Waals surface area (Å²) in [6.45, 7) is 6.19. The van der Waals surface area contributed by atoms with Crippen LogP contribution in [0.3, 0.4) is 0 Å². The van der Waals surface area contributed by atoms with Crippen LogP contribution in [0.5, 0.6) is 0 Å². The van der Waals surface area contributed by atoms with Crippen LogP contribution in [0.15, 0.2) is 58.8 Å². The van der Waals surface area contributed by atoms with Gasteiger partial charge in [-0.15, -0.1) is 0 Å². The summed E-state index contributed by atoms with van der Waals surface area (Å²) >= 11 is 7.74. The van der Waals surface area contributed by atoms with Gasteiger partial charge in [0.25, 0.3) is 0 Å². The number of hydrogen-bond donors (Lipinski definition) is 1. The number of carboxylic acid groups (broad SMARTS) is 1. The smallest absolute Gasteiger partial charge is 0.335 e. The van der Waals surface area contributed by atoms with Crippen molar-refractivity contribution in [3.05, 3.63) is 65.2 Å². The van der Waals surface area contributed by atoms with Gasteiger partial charge in [0.2, 0.25) is 0 Å². The Balaban J connectivity index is 1.88. The topological polar surface area (TPSA) is 72.9 Å². The molecule has 3 aromatic heterocycles. The lowest BCUT2D eigenvalue weighted by molar-refractivity contribution is 0.0696. The Morgan fingerprint density at radius 2 is 2.03 bits per heavy atom. The predicted octanol–water partition coefficient (Wildman–Crippen LogP) is 5.61. The molecule has 0 saturated heterocycles. The minimum atomic E-state index is -0.971. The highest BCUT2D eigenvalue weighted by atomic mass is 35.5. The van der Waals surface area contributed by atoms with Crippen LogP contribution in [0.25, 0.3) is 16.6 Å². The Bertz CT molecular complexity index is 1230. The molecular weight excluding hydrogens is 408 g/mol. The molecule has 8 heteroatoms. The van der Waals surface area contributed by atoms with E-state index in [1.165, 1.54) is 24.0 Å². The number of rotatable bonds is 5. The van der Waals surface area contributed by atoms with Crippen molar-refractivity contribution in [2.45, 2.75) is 36.7 Å². The van der Waals surface area contributed by atoms with Gasteiger partial charge in [-0.05, 0) is 45.0 Å². The zero-order valence-corrected chi connectivity index (χ0v) is 17.7. The van der Waals surface area contributed by atoms with Crippen molar-refractivity contribution >= 4 is 40.2 Å². The van der Waals surface area contributed by atoms with Crippen molar-refractivity contribution in [2.24, 2.45) is 0 Å². The first-order chi connectivity index (χ1) is 13.8. The Labute approximate surface area is 177 Å². The van der Waals surface area contributed by atoms with E-state index < -0.39 is 5.97 Å². The molecule has 3 heterocycles. The maximum absolute atomic E-state index is 11.3. The molecule has 0 radical (unpaired) electrons. The molecule has 0 saturated carbocycles. The third kappa shape index (κ3) is 3.63. The Hall–Kier alpha value is -2.77. The number of aromatic carboxylic acids is 1. The van der Waals surface area contributed by atoms with Crippen molar-refractivity contribution in [3.8, 4) is 5.69 Å². The number of hydrogen-bond acceptors (Lipinski definition) is 4. The third-order valence-electron chi connectivity index (χ3n) is 4.67. The maximum Gasteiger partial charge on any atom is 0.335 e. The first-order valence-electron chi connectivity index (χ1n) is 9.07. The molecule has 0 bridgehead atoms. The lowest BCUT2D eigenvalue weighted by Crippen LogP contribution is -2.00. The summed E-state index contributed by atoms with van der Waals surface area (Å²) in [5.74, 6) is -0.971. The summed E-state index contributed by atoms with van der Waals surface area (Å²) in [6.07, 6.45) is 5.37. The van der Waals surface area contributed by atoms with E-state index in [0.717, 1.165) is 27.2 Å². The highest BCUT2D eigenvalue weighted by Gasteiger charge is 2.19. The highest BCUT2D eigenvalue weighted by molar-refractivity contribution is 7.99. The standard InChI is InChI=1S/C21H19ClN4O2S/c1-12(2)25-11-16(10-24-25)26-13(3)20(17-5-4-15(22)9-18(17)26)29-19-8-14(21(27)28)6-7-23-19/h4-12H,1-3H3,(H,27,28). The van der Waals surface area contributed by atoms with E-state index in [4.69, 9.17) is 11.6 Å². The summed E-state index contributed by atoms with van der Waals surface area (Å²) in [4.78, 5) is 16.6. The molecule has 0 aliphatic rings. The summed E-state index contributed by atoms with van der Waals surface area (Å²) in [7, 11) is 0. The second kappa shape index (κ2) is 7.57. The van der Waals surface area contributed by atoms with Gasteiger partial charge in [-0.25, -0.2) is 9.78 Å². The van der Waals surface area contributed by atoms with Crippen molar-refractivity contribution in [1.82, 2.24) is 19.3 Å². The van der Waals surface area contributed by atoms with Gasteiger partial charge in [-0.2, -0.15) is 5.10 Å². The fraction of sp³-hybridized carbons (Fsp3) is 0.190. The molecule has 148 valence electrons. The first kappa shape index (κ1) is 19.5. The van der Waals surface area contributed by atoms with Crippen LogP contribution in [-0.4, -0.2) is 30.4 Å². The molecule has 6 nitrogen and oxygen atoms in total. The highest BCUT2D eigenvalue weighted by Crippen LogP contribution is 2.40. The fourth-order valence-corrected chi connectivity index (χ4v) is 4.45. The van der Waals surface area contributed by atoms with Crippen LogP contribution >= 0.6 is 23.4 Å². The molecule has 0 aliphatic carbocycles. The normalized spacial score (nSPS) is 11.5. The number of carbonyl (C=O) groups is 1. The van der Waals surface area contributed by atoms with E-state index in [0.29, 0.717) is 10.0 Å². The van der Waals surface area contributed by atoms with Crippen molar-refractivity contribution in [1.29, 1.82) is 0 Å². The molecule has 0 fully saturated rings. The number of carboxylic acids is 1. The maximum atomic E-state index is 11.3. The molecule has 1 aromatic carbocycles. The minimum absolute atomic E-state index is 0.213. The summed E-state index contributed by atoms with van der Waals surface area (Å²) in [5.41, 5.74) is 3.14. The fourth-order valence-electron chi connectivity index (χ4n) is 3.25. The van der Waals surface area contributed by atoms with Crippen LogP contribution in [0, 0.1) is 6.92 Å². The van der Waals surface area contributed by atoms with Gasteiger partial charge in [-0.1, -0.05) is 29.4 Å². The largest absolute Gasteiger partial charge is 0.478 e. The average molecular weight is 427 g/mol. The quantitative estimate of drug-likeness (QED) is 0.448. The van der Waals surface area contributed by atoms with Gasteiger partial charge in [0.15, 0.2) is 0 Å². The number of pyridine rings is 1. The second-order valence-electron chi connectivity index (χ2n) is 6.97. The first-order valence-corrected chi connectivity index (χ1v) is 10.3. The van der Waals surface area contributed by atoms with Crippen molar-refractivity contribution in [3.63, 3.8) is 0 Å². The van der Waals surface area contributed by atoms with Gasteiger partial charge in [0.1, 0.15) is 5.03 Å². The number of benzene rings is 1. The minimum Gasteiger partial charge on any atom is -0.478 e. The second-order valence-corrected chi connectivity index (χ2v) is 8.44. The molecule has 4 rings (SSSR count).